The average Bonchev–Trinajstić information content (AvgIpc) is 3.09. The molecule has 1 aromatic carbocycles. The summed E-state index contributed by atoms with van der Waals surface area (Å²) in [6.45, 7) is 4.71. The lowest BCUT2D eigenvalue weighted by molar-refractivity contribution is -0.0768. The number of anilines is 1. The smallest absolute Gasteiger partial charge is 0.251 e. The van der Waals surface area contributed by atoms with Crippen molar-refractivity contribution in [3.05, 3.63) is 47.8 Å². The zero-order valence-electron chi connectivity index (χ0n) is 19.4. The molecule has 3 aliphatic rings. The maximum Gasteiger partial charge on any atom is 0.251 e. The molecule has 5 heterocycles. The highest BCUT2D eigenvalue weighted by Crippen LogP contribution is 2.29. The van der Waals surface area contributed by atoms with E-state index in [-0.39, 0.29) is 12.3 Å². The highest BCUT2D eigenvalue weighted by Gasteiger charge is 2.38. The first-order valence-corrected chi connectivity index (χ1v) is 12.1. The molecule has 3 atom stereocenters. The number of piperidine rings is 1. The van der Waals surface area contributed by atoms with Crippen LogP contribution in [0.3, 0.4) is 0 Å². The monoisotopic (exact) mass is 475 g/mol. The highest BCUT2D eigenvalue weighted by molar-refractivity contribution is 6.06. The van der Waals surface area contributed by atoms with Crippen molar-refractivity contribution in [3.8, 4) is 11.3 Å². The minimum Gasteiger partial charge on any atom is -0.376 e. The molecule has 2 aromatic heterocycles. The van der Waals surface area contributed by atoms with E-state index in [9.17, 15) is 4.79 Å². The fourth-order valence-corrected chi connectivity index (χ4v) is 5.11. The number of ether oxygens (including phenoxy) is 2. The summed E-state index contributed by atoms with van der Waals surface area (Å²) in [5.41, 5.74) is 9.82. The SMILES string of the molecule is NC(=O)c1cc(-c2ccc(CN3C4COCC3OC4)cc2)nc2c(N[C@H]3CCCNC3)ncnc12. The van der Waals surface area contributed by atoms with Crippen LogP contribution in [0.4, 0.5) is 5.82 Å². The van der Waals surface area contributed by atoms with Crippen LogP contribution in [0, 0.1) is 0 Å². The molecule has 0 radical (unpaired) electrons. The Kier molecular flexibility index (Phi) is 6.03. The van der Waals surface area contributed by atoms with E-state index < -0.39 is 5.91 Å². The van der Waals surface area contributed by atoms with Crippen LogP contribution in [0.1, 0.15) is 28.8 Å². The number of nitrogens with zero attached hydrogens (tertiary/aromatic N) is 4. The van der Waals surface area contributed by atoms with Gasteiger partial charge in [-0.25, -0.2) is 15.0 Å². The molecule has 182 valence electrons. The third kappa shape index (κ3) is 4.45. The average molecular weight is 476 g/mol. The fraction of sp³-hybridized carbons (Fsp3) is 0.440. The van der Waals surface area contributed by atoms with Crippen molar-refractivity contribution in [3.63, 3.8) is 0 Å². The van der Waals surface area contributed by atoms with Gasteiger partial charge in [0, 0.05) is 24.7 Å². The van der Waals surface area contributed by atoms with Crippen LogP contribution in [0.5, 0.6) is 0 Å². The van der Waals surface area contributed by atoms with Crippen LogP contribution < -0.4 is 16.4 Å². The predicted molar refractivity (Wildman–Crippen MR) is 131 cm³/mol. The molecular weight excluding hydrogens is 446 g/mol. The second-order valence-electron chi connectivity index (χ2n) is 9.37. The minimum absolute atomic E-state index is 0.0268. The van der Waals surface area contributed by atoms with Gasteiger partial charge in [0.05, 0.1) is 37.1 Å². The molecule has 2 unspecified atom stereocenters. The summed E-state index contributed by atoms with van der Waals surface area (Å²) in [5, 5.41) is 6.88. The van der Waals surface area contributed by atoms with Crippen molar-refractivity contribution < 1.29 is 14.3 Å². The molecule has 3 aromatic rings. The molecule has 2 bridgehead atoms. The number of hydrogen-bond donors (Lipinski definition) is 3. The van der Waals surface area contributed by atoms with Crippen molar-refractivity contribution in [1.82, 2.24) is 25.2 Å². The number of carbonyl (C=O) groups excluding carboxylic acids is 1. The van der Waals surface area contributed by atoms with Crippen molar-refractivity contribution in [2.45, 2.75) is 37.7 Å². The van der Waals surface area contributed by atoms with Gasteiger partial charge in [-0.2, -0.15) is 0 Å². The number of benzene rings is 1. The van der Waals surface area contributed by atoms with E-state index in [1.165, 1.54) is 11.9 Å². The summed E-state index contributed by atoms with van der Waals surface area (Å²) in [6.07, 6.45) is 3.61. The van der Waals surface area contributed by atoms with Gasteiger partial charge >= 0.3 is 0 Å². The van der Waals surface area contributed by atoms with E-state index in [0.29, 0.717) is 47.4 Å². The molecule has 3 saturated heterocycles. The van der Waals surface area contributed by atoms with E-state index in [1.54, 1.807) is 6.07 Å². The van der Waals surface area contributed by atoms with Crippen molar-refractivity contribution in [2.24, 2.45) is 5.73 Å². The molecule has 1 amide bonds. The van der Waals surface area contributed by atoms with Crippen LogP contribution in [-0.4, -0.2) is 77.0 Å². The van der Waals surface area contributed by atoms with Crippen LogP contribution >= 0.6 is 0 Å². The Morgan fingerprint density at radius 1 is 1.17 bits per heavy atom. The number of hydrogen-bond acceptors (Lipinski definition) is 9. The summed E-state index contributed by atoms with van der Waals surface area (Å²) >= 11 is 0. The lowest BCUT2D eigenvalue weighted by atomic mass is 10.0. The van der Waals surface area contributed by atoms with Gasteiger partial charge in [0.15, 0.2) is 5.82 Å². The lowest BCUT2D eigenvalue weighted by Gasteiger charge is -2.32. The van der Waals surface area contributed by atoms with Gasteiger partial charge in [-0.15, -0.1) is 0 Å². The number of rotatable bonds is 6. The van der Waals surface area contributed by atoms with Crippen molar-refractivity contribution in [2.75, 3.05) is 38.2 Å². The van der Waals surface area contributed by atoms with E-state index >= 15 is 0 Å². The van der Waals surface area contributed by atoms with Gasteiger partial charge in [-0.3, -0.25) is 9.69 Å². The number of aromatic nitrogens is 3. The summed E-state index contributed by atoms with van der Waals surface area (Å²) < 4.78 is 11.4. The van der Waals surface area contributed by atoms with Crippen molar-refractivity contribution in [1.29, 1.82) is 0 Å². The second-order valence-corrected chi connectivity index (χ2v) is 9.37. The molecule has 35 heavy (non-hydrogen) atoms. The Balaban J connectivity index is 1.31. The maximum atomic E-state index is 12.3. The summed E-state index contributed by atoms with van der Waals surface area (Å²) in [5.74, 6) is 0.0782. The van der Waals surface area contributed by atoms with Gasteiger partial charge in [-0.1, -0.05) is 24.3 Å². The Morgan fingerprint density at radius 3 is 2.83 bits per heavy atom. The number of carbonyl (C=O) groups is 1. The number of fused-ring (bicyclic) bond motifs is 3. The number of nitrogens with one attached hydrogen (secondary N) is 2. The topological polar surface area (TPSA) is 128 Å². The quantitative estimate of drug-likeness (QED) is 0.486. The molecule has 0 spiro atoms. The molecule has 3 fully saturated rings. The molecular formula is C25H29N7O3. The largest absolute Gasteiger partial charge is 0.376 e. The maximum absolute atomic E-state index is 12.3. The third-order valence-electron chi connectivity index (χ3n) is 7.00. The van der Waals surface area contributed by atoms with E-state index in [0.717, 1.165) is 44.6 Å². The third-order valence-corrected chi connectivity index (χ3v) is 7.00. The fourth-order valence-electron chi connectivity index (χ4n) is 5.11. The Bertz CT molecular complexity index is 1210. The zero-order chi connectivity index (χ0) is 23.8. The van der Waals surface area contributed by atoms with E-state index in [2.05, 4.69) is 37.6 Å². The Labute approximate surface area is 203 Å². The van der Waals surface area contributed by atoms with Gasteiger partial charge in [0.1, 0.15) is 23.6 Å². The molecule has 6 rings (SSSR count). The van der Waals surface area contributed by atoms with Gasteiger partial charge in [-0.05, 0) is 31.0 Å². The number of morpholine rings is 1. The molecule has 10 nitrogen and oxygen atoms in total. The normalized spacial score (nSPS) is 24.5. The van der Waals surface area contributed by atoms with E-state index in [4.69, 9.17) is 20.2 Å². The minimum atomic E-state index is -0.540. The van der Waals surface area contributed by atoms with Gasteiger partial charge < -0.3 is 25.8 Å². The standard InChI is InChI=1S/C25H29N7O3/c26-24(33)19-8-20(31-23-22(19)28-14-29-25(23)30-17-2-1-7-27-9-17)16-5-3-15(4-6-16)10-32-18-11-34-13-21(32)35-12-18/h3-6,8,14,17-18,21,27H,1-2,7,9-13H2,(H2,26,33)(H,28,29,30)/t17-,18?,21?/m0/s1. The number of pyridine rings is 1. The first-order valence-electron chi connectivity index (χ1n) is 12.1. The Hall–Kier alpha value is -3.18. The molecule has 0 saturated carbocycles. The first-order chi connectivity index (χ1) is 17.2. The first kappa shape index (κ1) is 22.3. The van der Waals surface area contributed by atoms with Crippen LogP contribution in [0.2, 0.25) is 0 Å². The summed E-state index contributed by atoms with van der Waals surface area (Å²) in [6, 6.07) is 10.5. The molecule has 10 heteroatoms. The highest BCUT2D eigenvalue weighted by atomic mass is 16.6. The van der Waals surface area contributed by atoms with Crippen molar-refractivity contribution >= 4 is 22.8 Å². The molecule has 4 N–H and O–H groups in total. The Morgan fingerprint density at radius 2 is 2.06 bits per heavy atom. The predicted octanol–water partition coefficient (Wildman–Crippen LogP) is 1.51. The van der Waals surface area contributed by atoms with E-state index in [1.807, 2.05) is 12.1 Å². The molecule has 3 aliphatic heterocycles. The number of nitrogens with two attached hydrogens (primary N) is 1. The lowest BCUT2D eigenvalue weighted by Crippen LogP contribution is -2.45. The number of primary amides is 1. The second kappa shape index (κ2) is 9.46. The van der Waals surface area contributed by atoms with Gasteiger partial charge in [0.2, 0.25) is 0 Å². The van der Waals surface area contributed by atoms with Crippen LogP contribution in [-0.2, 0) is 16.0 Å². The molecule has 0 aliphatic carbocycles. The summed E-state index contributed by atoms with van der Waals surface area (Å²) in [4.78, 5) is 28.3. The van der Waals surface area contributed by atoms with Crippen LogP contribution in [0.25, 0.3) is 22.3 Å². The summed E-state index contributed by atoms with van der Waals surface area (Å²) in [7, 11) is 0. The van der Waals surface area contributed by atoms with Gasteiger partial charge in [0.25, 0.3) is 5.91 Å². The zero-order valence-corrected chi connectivity index (χ0v) is 19.4. The van der Waals surface area contributed by atoms with Crippen LogP contribution in [0.15, 0.2) is 36.7 Å². The number of amides is 1.